The van der Waals surface area contributed by atoms with Crippen molar-refractivity contribution in [2.24, 2.45) is 5.14 Å². The molecule has 0 spiro atoms. The van der Waals surface area contributed by atoms with E-state index in [1.807, 2.05) is 32.0 Å². The van der Waals surface area contributed by atoms with Crippen LogP contribution in [0.5, 0.6) is 0 Å². The van der Waals surface area contributed by atoms with Crippen LogP contribution in [0.15, 0.2) is 39.8 Å². The minimum atomic E-state index is -3.77. The van der Waals surface area contributed by atoms with E-state index in [2.05, 4.69) is 5.32 Å². The molecule has 19 heavy (non-hydrogen) atoms. The quantitative estimate of drug-likeness (QED) is 0.898. The van der Waals surface area contributed by atoms with Gasteiger partial charge >= 0.3 is 0 Å². The van der Waals surface area contributed by atoms with Crippen molar-refractivity contribution in [3.63, 3.8) is 0 Å². The molecule has 2 aromatic rings. The van der Waals surface area contributed by atoms with Gasteiger partial charge in [-0.05, 0) is 49.2 Å². The highest BCUT2D eigenvalue weighted by Crippen LogP contribution is 2.17. The standard InChI is InChI=1S/C13H16N2O3S/c1-9-3-4-11(7-10(9)2)15-8-12-5-6-13(18-12)19(14,16)17/h3-7,15H,8H2,1-2H3,(H2,14,16,17). The number of benzene rings is 1. The molecular formula is C13H16N2O3S. The third kappa shape index (κ3) is 3.36. The molecular weight excluding hydrogens is 264 g/mol. The summed E-state index contributed by atoms with van der Waals surface area (Å²) in [7, 11) is -3.77. The molecule has 0 atom stereocenters. The van der Waals surface area contributed by atoms with Crippen LogP contribution in [0.1, 0.15) is 16.9 Å². The van der Waals surface area contributed by atoms with E-state index in [-0.39, 0.29) is 5.09 Å². The van der Waals surface area contributed by atoms with Crippen LogP contribution >= 0.6 is 0 Å². The highest BCUT2D eigenvalue weighted by molar-refractivity contribution is 7.89. The van der Waals surface area contributed by atoms with Crippen molar-refractivity contribution in [1.82, 2.24) is 0 Å². The number of primary sulfonamides is 1. The molecule has 0 fully saturated rings. The van der Waals surface area contributed by atoms with Gasteiger partial charge < -0.3 is 9.73 Å². The Balaban J connectivity index is 2.06. The first-order valence-corrected chi connectivity index (χ1v) is 7.33. The summed E-state index contributed by atoms with van der Waals surface area (Å²) in [5, 5.41) is 7.92. The number of nitrogens with two attached hydrogens (primary N) is 1. The van der Waals surface area contributed by atoms with E-state index in [1.165, 1.54) is 17.2 Å². The van der Waals surface area contributed by atoms with Gasteiger partial charge in [-0.25, -0.2) is 13.6 Å². The first-order valence-electron chi connectivity index (χ1n) is 5.79. The molecule has 0 saturated heterocycles. The van der Waals surface area contributed by atoms with Crippen molar-refractivity contribution < 1.29 is 12.8 Å². The van der Waals surface area contributed by atoms with Gasteiger partial charge in [-0.2, -0.15) is 0 Å². The van der Waals surface area contributed by atoms with E-state index in [1.54, 1.807) is 6.07 Å². The maximum absolute atomic E-state index is 11.1. The van der Waals surface area contributed by atoms with Crippen LogP contribution in [-0.2, 0) is 16.6 Å². The van der Waals surface area contributed by atoms with Crippen LogP contribution < -0.4 is 10.5 Å². The minimum absolute atomic E-state index is 0.218. The lowest BCUT2D eigenvalue weighted by molar-refractivity contribution is 0.419. The van der Waals surface area contributed by atoms with E-state index in [0.29, 0.717) is 12.3 Å². The zero-order chi connectivity index (χ0) is 14.0. The fraction of sp³-hybridized carbons (Fsp3) is 0.231. The summed E-state index contributed by atoms with van der Waals surface area (Å²) < 4.78 is 27.3. The normalized spacial score (nSPS) is 11.5. The van der Waals surface area contributed by atoms with E-state index < -0.39 is 10.0 Å². The number of anilines is 1. The fourth-order valence-corrected chi connectivity index (χ4v) is 2.13. The predicted molar refractivity (Wildman–Crippen MR) is 73.3 cm³/mol. The number of rotatable bonds is 4. The zero-order valence-corrected chi connectivity index (χ0v) is 11.6. The molecule has 0 amide bonds. The second kappa shape index (κ2) is 5.07. The van der Waals surface area contributed by atoms with E-state index in [9.17, 15) is 8.42 Å². The summed E-state index contributed by atoms with van der Waals surface area (Å²) in [4.78, 5) is 0. The summed E-state index contributed by atoms with van der Waals surface area (Å²) in [6.45, 7) is 4.48. The molecule has 2 rings (SSSR count). The molecule has 0 unspecified atom stereocenters. The lowest BCUT2D eigenvalue weighted by Gasteiger charge is -2.07. The maximum Gasteiger partial charge on any atom is 0.271 e. The highest BCUT2D eigenvalue weighted by Gasteiger charge is 2.12. The summed E-state index contributed by atoms with van der Waals surface area (Å²) in [6.07, 6.45) is 0. The first-order chi connectivity index (χ1) is 8.86. The SMILES string of the molecule is Cc1ccc(NCc2ccc(S(N)(=O)=O)o2)cc1C. The van der Waals surface area contributed by atoms with Crippen LogP contribution in [0.2, 0.25) is 0 Å². The summed E-state index contributed by atoms with van der Waals surface area (Å²) >= 11 is 0. The van der Waals surface area contributed by atoms with E-state index in [0.717, 1.165) is 5.69 Å². The molecule has 102 valence electrons. The summed E-state index contributed by atoms with van der Waals surface area (Å²) in [5.41, 5.74) is 3.37. The van der Waals surface area contributed by atoms with Gasteiger partial charge in [-0.3, -0.25) is 0 Å². The van der Waals surface area contributed by atoms with E-state index in [4.69, 9.17) is 9.56 Å². The van der Waals surface area contributed by atoms with Crippen molar-refractivity contribution in [2.45, 2.75) is 25.5 Å². The highest BCUT2D eigenvalue weighted by atomic mass is 32.2. The number of sulfonamides is 1. The Morgan fingerprint density at radius 1 is 1.16 bits per heavy atom. The van der Waals surface area contributed by atoms with Crippen molar-refractivity contribution in [2.75, 3.05) is 5.32 Å². The summed E-state index contributed by atoms with van der Waals surface area (Å²) in [6, 6.07) is 8.96. The average molecular weight is 280 g/mol. The maximum atomic E-state index is 11.1. The predicted octanol–water partition coefficient (Wildman–Crippen LogP) is 2.16. The van der Waals surface area contributed by atoms with Gasteiger partial charge in [-0.15, -0.1) is 0 Å². The Hall–Kier alpha value is -1.79. The monoisotopic (exact) mass is 280 g/mol. The van der Waals surface area contributed by atoms with Crippen molar-refractivity contribution in [3.8, 4) is 0 Å². The number of aryl methyl sites for hydroxylation is 2. The lowest BCUT2D eigenvalue weighted by Crippen LogP contribution is -2.10. The Morgan fingerprint density at radius 3 is 2.47 bits per heavy atom. The van der Waals surface area contributed by atoms with Crippen LogP contribution in [0, 0.1) is 13.8 Å². The number of hydrogen-bond acceptors (Lipinski definition) is 4. The van der Waals surface area contributed by atoms with Crippen molar-refractivity contribution in [3.05, 3.63) is 47.2 Å². The van der Waals surface area contributed by atoms with Gasteiger partial charge in [0.1, 0.15) is 5.76 Å². The molecule has 1 heterocycles. The molecule has 0 radical (unpaired) electrons. The number of nitrogens with one attached hydrogen (secondary N) is 1. The second-order valence-electron chi connectivity index (χ2n) is 4.42. The van der Waals surface area contributed by atoms with Crippen LogP contribution in [0.25, 0.3) is 0 Å². The van der Waals surface area contributed by atoms with Gasteiger partial charge in [0.25, 0.3) is 10.0 Å². The van der Waals surface area contributed by atoms with E-state index >= 15 is 0 Å². The molecule has 0 aliphatic carbocycles. The fourth-order valence-electron chi connectivity index (χ4n) is 1.65. The third-order valence-corrected chi connectivity index (χ3v) is 3.67. The van der Waals surface area contributed by atoms with Crippen molar-refractivity contribution in [1.29, 1.82) is 0 Å². The van der Waals surface area contributed by atoms with Gasteiger partial charge in [0, 0.05) is 5.69 Å². The third-order valence-electron chi connectivity index (χ3n) is 2.89. The molecule has 0 aliphatic heterocycles. The minimum Gasteiger partial charge on any atom is -0.446 e. The Kier molecular flexibility index (Phi) is 3.64. The first kappa shape index (κ1) is 13.6. The largest absolute Gasteiger partial charge is 0.446 e. The zero-order valence-electron chi connectivity index (χ0n) is 10.8. The molecule has 0 saturated carbocycles. The smallest absolute Gasteiger partial charge is 0.271 e. The summed E-state index contributed by atoms with van der Waals surface area (Å²) in [5.74, 6) is 0.516. The molecule has 0 aliphatic rings. The Bertz CT molecular complexity index is 690. The van der Waals surface area contributed by atoms with Gasteiger partial charge in [0.05, 0.1) is 6.54 Å². The molecule has 3 N–H and O–H groups in total. The molecule has 6 heteroatoms. The average Bonchev–Trinajstić information content (AvgIpc) is 2.79. The molecule has 1 aromatic carbocycles. The number of furan rings is 1. The molecule has 5 nitrogen and oxygen atoms in total. The lowest BCUT2D eigenvalue weighted by atomic mass is 10.1. The second-order valence-corrected chi connectivity index (χ2v) is 5.91. The topological polar surface area (TPSA) is 85.3 Å². The number of hydrogen-bond donors (Lipinski definition) is 2. The molecule has 1 aromatic heterocycles. The Labute approximate surface area is 112 Å². The Morgan fingerprint density at radius 2 is 1.89 bits per heavy atom. The van der Waals surface area contributed by atoms with Crippen LogP contribution in [0.3, 0.4) is 0 Å². The van der Waals surface area contributed by atoms with Gasteiger partial charge in [0.2, 0.25) is 5.09 Å². The van der Waals surface area contributed by atoms with Gasteiger partial charge in [-0.1, -0.05) is 6.07 Å². The van der Waals surface area contributed by atoms with Crippen molar-refractivity contribution >= 4 is 15.7 Å². The molecule has 0 bridgehead atoms. The van der Waals surface area contributed by atoms with Crippen LogP contribution in [-0.4, -0.2) is 8.42 Å². The van der Waals surface area contributed by atoms with Crippen LogP contribution in [0.4, 0.5) is 5.69 Å². The van der Waals surface area contributed by atoms with Gasteiger partial charge in [0.15, 0.2) is 0 Å².